The summed E-state index contributed by atoms with van der Waals surface area (Å²) in [5.41, 5.74) is 4.32. The fraction of sp³-hybridized carbons (Fsp3) is 0.238. The summed E-state index contributed by atoms with van der Waals surface area (Å²) >= 11 is 1.45. The maximum absolute atomic E-state index is 13.2. The molecule has 10 heteroatoms. The van der Waals surface area contributed by atoms with Gasteiger partial charge in [-0.2, -0.15) is 4.98 Å². The highest BCUT2D eigenvalue weighted by Crippen LogP contribution is 2.24. The van der Waals surface area contributed by atoms with Crippen molar-refractivity contribution in [3.05, 3.63) is 64.8 Å². The number of carbonyl (C=O) groups excluding carboxylic acids is 1. The number of amides is 1. The van der Waals surface area contributed by atoms with Gasteiger partial charge < -0.3 is 14.8 Å². The Morgan fingerprint density at radius 3 is 2.61 bits per heavy atom. The number of hydrogen-bond donors (Lipinski definition) is 2. The van der Waals surface area contributed by atoms with Gasteiger partial charge in [-0.3, -0.25) is 4.79 Å². The van der Waals surface area contributed by atoms with Gasteiger partial charge >= 0.3 is 0 Å². The number of benzene rings is 2. The molecule has 0 saturated heterocycles. The quantitative estimate of drug-likeness (QED) is 0.402. The maximum Gasteiger partial charge on any atom is 0.227 e. The summed E-state index contributed by atoms with van der Waals surface area (Å²) in [5, 5.41) is 7.12. The highest BCUT2D eigenvalue weighted by Gasteiger charge is 2.12. The Morgan fingerprint density at radius 1 is 1.10 bits per heavy atom. The van der Waals surface area contributed by atoms with Gasteiger partial charge in [-0.15, -0.1) is 0 Å². The van der Waals surface area contributed by atoms with Crippen LogP contribution in [0.1, 0.15) is 29.3 Å². The normalized spacial score (nSPS) is 11.2. The Hall–Kier alpha value is -3.27. The van der Waals surface area contributed by atoms with Crippen molar-refractivity contribution >= 4 is 34.4 Å². The number of hydrogen-bond acceptors (Lipinski definition) is 6. The number of nitrogens with zero attached hydrogens (tertiary/aromatic N) is 3. The molecule has 0 spiro atoms. The predicted octanol–water partition coefficient (Wildman–Crippen LogP) is 4.70. The van der Waals surface area contributed by atoms with Crippen LogP contribution in [0.4, 0.5) is 14.5 Å². The van der Waals surface area contributed by atoms with Gasteiger partial charge in [-0.05, 0) is 49.2 Å². The van der Waals surface area contributed by atoms with Crippen molar-refractivity contribution in [1.82, 2.24) is 20.1 Å². The van der Waals surface area contributed by atoms with Crippen molar-refractivity contribution in [3.63, 3.8) is 0 Å². The smallest absolute Gasteiger partial charge is 0.227 e. The molecular formula is C21H19F2N5O2S. The summed E-state index contributed by atoms with van der Waals surface area (Å²) in [5.74, 6) is -0.677. The third kappa shape index (κ3) is 5.26. The minimum Gasteiger partial charge on any atom is -0.339 e. The molecule has 31 heavy (non-hydrogen) atoms. The largest absolute Gasteiger partial charge is 0.339 e. The average Bonchev–Trinajstić information content (AvgIpc) is 3.30. The summed E-state index contributed by atoms with van der Waals surface area (Å²) in [6, 6.07) is 6.94. The molecule has 2 heterocycles. The lowest BCUT2D eigenvalue weighted by Gasteiger charge is -2.04. The SMILES string of the molecule is Cc1cc2nc(SCc3noc(CCC(=O)Nc4cc(F)cc(F)c4)n3)[nH]c2cc1C. The number of rotatable bonds is 7. The summed E-state index contributed by atoms with van der Waals surface area (Å²) in [7, 11) is 0. The Balaban J connectivity index is 1.29. The van der Waals surface area contributed by atoms with E-state index in [9.17, 15) is 13.6 Å². The van der Waals surface area contributed by atoms with E-state index in [2.05, 4.69) is 38.4 Å². The molecule has 0 fully saturated rings. The third-order valence-electron chi connectivity index (χ3n) is 4.64. The summed E-state index contributed by atoms with van der Waals surface area (Å²) < 4.78 is 31.6. The van der Waals surface area contributed by atoms with Gasteiger partial charge in [0.15, 0.2) is 11.0 Å². The highest BCUT2D eigenvalue weighted by molar-refractivity contribution is 7.98. The number of aromatic amines is 1. The zero-order chi connectivity index (χ0) is 22.0. The van der Waals surface area contributed by atoms with Crippen LogP contribution < -0.4 is 5.32 Å². The molecule has 160 valence electrons. The number of anilines is 1. The molecule has 0 aliphatic carbocycles. The zero-order valence-electron chi connectivity index (χ0n) is 16.8. The van der Waals surface area contributed by atoms with E-state index in [1.54, 1.807) is 0 Å². The van der Waals surface area contributed by atoms with Crippen LogP contribution in [0.3, 0.4) is 0 Å². The molecule has 0 atom stereocenters. The van der Waals surface area contributed by atoms with Gasteiger partial charge in [-0.1, -0.05) is 16.9 Å². The lowest BCUT2D eigenvalue weighted by molar-refractivity contribution is -0.116. The molecule has 0 bridgehead atoms. The predicted molar refractivity (Wildman–Crippen MR) is 113 cm³/mol. The van der Waals surface area contributed by atoms with E-state index in [4.69, 9.17) is 4.52 Å². The lowest BCUT2D eigenvalue weighted by atomic mass is 10.1. The first-order valence-corrected chi connectivity index (χ1v) is 10.5. The second kappa shape index (κ2) is 8.84. The zero-order valence-corrected chi connectivity index (χ0v) is 17.6. The number of aromatic nitrogens is 4. The van der Waals surface area contributed by atoms with Crippen molar-refractivity contribution in [1.29, 1.82) is 0 Å². The van der Waals surface area contributed by atoms with Crippen LogP contribution >= 0.6 is 11.8 Å². The number of carbonyl (C=O) groups is 1. The van der Waals surface area contributed by atoms with E-state index < -0.39 is 17.5 Å². The topological polar surface area (TPSA) is 96.7 Å². The summed E-state index contributed by atoms with van der Waals surface area (Å²) in [6.07, 6.45) is 0.250. The standard InChI is InChI=1S/C21H19F2N5O2S/c1-11-5-16-17(6-12(11)2)26-21(25-16)31-10-18-27-20(30-28-18)4-3-19(29)24-15-8-13(22)7-14(23)9-15/h5-9H,3-4,10H2,1-2H3,(H,24,29)(H,25,26). The van der Waals surface area contributed by atoms with E-state index in [0.29, 0.717) is 17.5 Å². The molecule has 0 aliphatic rings. The second-order valence-corrected chi connectivity index (χ2v) is 8.06. The Kier molecular flexibility index (Phi) is 5.99. The first-order valence-electron chi connectivity index (χ1n) is 9.53. The number of fused-ring (bicyclic) bond motifs is 1. The fourth-order valence-electron chi connectivity index (χ4n) is 2.97. The molecule has 1 amide bonds. The molecule has 7 nitrogen and oxygen atoms in total. The van der Waals surface area contributed by atoms with Gasteiger partial charge in [0.05, 0.1) is 16.8 Å². The fourth-order valence-corrected chi connectivity index (χ4v) is 3.70. The number of aryl methyl sites for hydroxylation is 3. The molecule has 2 aromatic carbocycles. The number of halogens is 2. The first kappa shape index (κ1) is 21.0. The summed E-state index contributed by atoms with van der Waals surface area (Å²) in [6.45, 7) is 4.10. The minimum atomic E-state index is -0.760. The maximum atomic E-state index is 13.2. The molecule has 4 rings (SSSR count). The van der Waals surface area contributed by atoms with Gasteiger partial charge in [0.2, 0.25) is 11.8 Å². The molecule has 4 aromatic rings. The molecule has 0 unspecified atom stereocenters. The van der Waals surface area contributed by atoms with Gasteiger partial charge in [0.1, 0.15) is 11.6 Å². The van der Waals surface area contributed by atoms with Crippen molar-refractivity contribution in [3.8, 4) is 0 Å². The lowest BCUT2D eigenvalue weighted by Crippen LogP contribution is -2.12. The molecule has 0 saturated carbocycles. The number of nitrogens with one attached hydrogen (secondary N) is 2. The van der Waals surface area contributed by atoms with E-state index >= 15 is 0 Å². The first-order chi connectivity index (χ1) is 14.9. The number of imidazole rings is 1. The monoisotopic (exact) mass is 443 g/mol. The molecular weight excluding hydrogens is 424 g/mol. The minimum absolute atomic E-state index is 0.0369. The van der Waals surface area contributed by atoms with Gasteiger partial charge in [0, 0.05) is 24.6 Å². The van der Waals surface area contributed by atoms with Crippen LogP contribution in [0.5, 0.6) is 0 Å². The molecule has 0 aliphatic heterocycles. The van der Waals surface area contributed by atoms with E-state index in [-0.39, 0.29) is 18.5 Å². The van der Waals surface area contributed by atoms with Crippen molar-refractivity contribution in [2.75, 3.05) is 5.32 Å². The van der Waals surface area contributed by atoms with Crippen molar-refractivity contribution in [2.45, 2.75) is 37.6 Å². The third-order valence-corrected chi connectivity index (χ3v) is 5.51. The van der Waals surface area contributed by atoms with Crippen LogP contribution in [-0.2, 0) is 17.0 Å². The van der Waals surface area contributed by atoms with Gasteiger partial charge in [-0.25, -0.2) is 13.8 Å². The van der Waals surface area contributed by atoms with Crippen LogP contribution in [0.2, 0.25) is 0 Å². The van der Waals surface area contributed by atoms with E-state index in [1.165, 1.54) is 22.9 Å². The van der Waals surface area contributed by atoms with Crippen molar-refractivity contribution < 1.29 is 18.1 Å². The second-order valence-electron chi connectivity index (χ2n) is 7.09. The Bertz CT molecular complexity index is 1190. The van der Waals surface area contributed by atoms with E-state index in [1.807, 2.05) is 13.0 Å². The molecule has 2 N–H and O–H groups in total. The number of thioether (sulfide) groups is 1. The van der Waals surface area contributed by atoms with Crippen molar-refractivity contribution in [2.24, 2.45) is 0 Å². The molecule has 2 aromatic heterocycles. The van der Waals surface area contributed by atoms with Crippen LogP contribution in [0, 0.1) is 25.5 Å². The Labute approximate surface area is 180 Å². The van der Waals surface area contributed by atoms with Crippen LogP contribution in [-0.4, -0.2) is 26.0 Å². The molecule has 0 radical (unpaired) electrons. The van der Waals surface area contributed by atoms with Crippen LogP contribution in [0.15, 0.2) is 40.0 Å². The Morgan fingerprint density at radius 2 is 1.84 bits per heavy atom. The summed E-state index contributed by atoms with van der Waals surface area (Å²) in [4.78, 5) is 24.1. The van der Waals surface area contributed by atoms with E-state index in [0.717, 1.165) is 34.4 Å². The average molecular weight is 443 g/mol. The van der Waals surface area contributed by atoms with Gasteiger partial charge in [0.25, 0.3) is 0 Å². The highest BCUT2D eigenvalue weighted by atomic mass is 32.2. The van der Waals surface area contributed by atoms with Crippen LogP contribution in [0.25, 0.3) is 11.0 Å². The number of H-pyrrole nitrogens is 1.